The number of rotatable bonds is 3. The molecule has 0 saturated heterocycles. The Labute approximate surface area is 105 Å². The van der Waals surface area contributed by atoms with Crippen LogP contribution in [-0.2, 0) is 0 Å². The van der Waals surface area contributed by atoms with Crippen molar-refractivity contribution in [1.82, 2.24) is 4.98 Å². The topological polar surface area (TPSA) is 77.2 Å². The van der Waals surface area contributed by atoms with Crippen LogP contribution in [0.15, 0.2) is 42.7 Å². The molecule has 1 heterocycles. The lowest BCUT2D eigenvalue weighted by molar-refractivity contribution is 0.102. The molecule has 0 aliphatic rings. The number of carbonyl (C=O) groups excluding carboxylic acids is 1. The van der Waals surface area contributed by atoms with Gasteiger partial charge in [-0.05, 0) is 30.3 Å². The molecule has 1 aromatic heterocycles. The summed E-state index contributed by atoms with van der Waals surface area (Å²) in [5.74, 6) is 0.374. The first kappa shape index (κ1) is 11.9. The van der Waals surface area contributed by atoms with E-state index in [2.05, 4.69) is 10.3 Å². The minimum atomic E-state index is -0.207. The van der Waals surface area contributed by atoms with Gasteiger partial charge in [-0.1, -0.05) is 0 Å². The molecule has 18 heavy (non-hydrogen) atoms. The molecule has 92 valence electrons. The van der Waals surface area contributed by atoms with Gasteiger partial charge in [0.25, 0.3) is 5.91 Å². The van der Waals surface area contributed by atoms with Crippen molar-refractivity contribution in [2.24, 2.45) is 0 Å². The highest BCUT2D eigenvalue weighted by molar-refractivity contribution is 6.04. The van der Waals surface area contributed by atoms with Crippen LogP contribution in [0.3, 0.4) is 0 Å². The van der Waals surface area contributed by atoms with E-state index < -0.39 is 0 Å². The lowest BCUT2D eigenvalue weighted by Crippen LogP contribution is -2.12. The Hall–Kier alpha value is -2.56. The molecule has 3 N–H and O–H groups in total. The number of carbonyl (C=O) groups is 1. The van der Waals surface area contributed by atoms with Crippen LogP contribution in [0.25, 0.3) is 0 Å². The minimum Gasteiger partial charge on any atom is -0.495 e. The van der Waals surface area contributed by atoms with E-state index in [1.165, 1.54) is 0 Å². The Morgan fingerprint density at radius 3 is 2.61 bits per heavy atom. The average Bonchev–Trinajstić information content (AvgIpc) is 2.40. The molecule has 0 saturated carbocycles. The normalized spacial score (nSPS) is 9.83. The van der Waals surface area contributed by atoms with E-state index in [1.54, 1.807) is 49.8 Å². The van der Waals surface area contributed by atoms with Gasteiger partial charge in [-0.15, -0.1) is 0 Å². The SMILES string of the molecule is COc1ccc(NC(=O)c2ccncc2)cc1N. The first-order chi connectivity index (χ1) is 8.70. The van der Waals surface area contributed by atoms with E-state index in [1.807, 2.05) is 0 Å². The Morgan fingerprint density at radius 2 is 2.00 bits per heavy atom. The largest absolute Gasteiger partial charge is 0.495 e. The molecule has 1 amide bonds. The number of anilines is 2. The maximum atomic E-state index is 11.9. The first-order valence-corrected chi connectivity index (χ1v) is 5.35. The van der Waals surface area contributed by atoms with Gasteiger partial charge in [0.05, 0.1) is 12.8 Å². The molecule has 0 atom stereocenters. The second-order valence-electron chi connectivity index (χ2n) is 3.65. The van der Waals surface area contributed by atoms with Gasteiger partial charge in [-0.2, -0.15) is 0 Å². The number of nitrogens with two attached hydrogens (primary N) is 1. The number of pyridine rings is 1. The number of aromatic nitrogens is 1. The molecule has 1 aromatic carbocycles. The second kappa shape index (κ2) is 5.18. The van der Waals surface area contributed by atoms with Gasteiger partial charge in [0.1, 0.15) is 5.75 Å². The lowest BCUT2D eigenvalue weighted by Gasteiger charge is -2.08. The summed E-state index contributed by atoms with van der Waals surface area (Å²) in [5, 5.41) is 2.75. The summed E-state index contributed by atoms with van der Waals surface area (Å²) in [6.45, 7) is 0. The van der Waals surface area contributed by atoms with E-state index in [0.717, 1.165) is 0 Å². The summed E-state index contributed by atoms with van der Waals surface area (Å²) >= 11 is 0. The maximum absolute atomic E-state index is 11.9. The fourth-order valence-corrected chi connectivity index (χ4v) is 1.52. The summed E-state index contributed by atoms with van der Waals surface area (Å²) < 4.78 is 5.04. The van der Waals surface area contributed by atoms with Crippen molar-refractivity contribution in [3.8, 4) is 5.75 Å². The Bertz CT molecular complexity index is 555. The molecule has 5 nitrogen and oxygen atoms in total. The summed E-state index contributed by atoms with van der Waals surface area (Å²) in [6, 6.07) is 8.37. The van der Waals surface area contributed by atoms with Crippen LogP contribution in [0.1, 0.15) is 10.4 Å². The third kappa shape index (κ3) is 2.57. The molecule has 0 unspecified atom stereocenters. The van der Waals surface area contributed by atoms with E-state index >= 15 is 0 Å². The van der Waals surface area contributed by atoms with Crippen molar-refractivity contribution in [2.45, 2.75) is 0 Å². The zero-order chi connectivity index (χ0) is 13.0. The van der Waals surface area contributed by atoms with E-state index in [9.17, 15) is 4.79 Å². The van der Waals surface area contributed by atoms with Crippen molar-refractivity contribution >= 4 is 17.3 Å². The predicted octanol–water partition coefficient (Wildman–Crippen LogP) is 1.92. The number of ether oxygens (including phenoxy) is 1. The van der Waals surface area contributed by atoms with Crippen LogP contribution in [0.5, 0.6) is 5.75 Å². The van der Waals surface area contributed by atoms with Gasteiger partial charge in [0, 0.05) is 23.6 Å². The van der Waals surface area contributed by atoms with Crippen LogP contribution in [0, 0.1) is 0 Å². The van der Waals surface area contributed by atoms with Crippen LogP contribution < -0.4 is 15.8 Å². The number of nitrogens with one attached hydrogen (secondary N) is 1. The molecule has 2 rings (SSSR count). The van der Waals surface area contributed by atoms with Gasteiger partial charge < -0.3 is 15.8 Å². The van der Waals surface area contributed by atoms with Crippen LogP contribution in [-0.4, -0.2) is 18.0 Å². The molecule has 0 bridgehead atoms. The zero-order valence-electron chi connectivity index (χ0n) is 9.88. The van der Waals surface area contributed by atoms with Crippen molar-refractivity contribution in [3.63, 3.8) is 0 Å². The third-order valence-corrected chi connectivity index (χ3v) is 2.43. The van der Waals surface area contributed by atoms with Gasteiger partial charge in [0.2, 0.25) is 0 Å². The Kier molecular flexibility index (Phi) is 3.43. The predicted molar refractivity (Wildman–Crippen MR) is 69.6 cm³/mol. The molecule has 0 aliphatic heterocycles. The molecule has 0 fully saturated rings. The summed E-state index contributed by atoms with van der Waals surface area (Å²) in [4.78, 5) is 15.7. The number of methoxy groups -OCH3 is 1. The van der Waals surface area contributed by atoms with Crippen LogP contribution >= 0.6 is 0 Å². The van der Waals surface area contributed by atoms with Crippen molar-refractivity contribution in [1.29, 1.82) is 0 Å². The summed E-state index contributed by atoms with van der Waals surface area (Å²) in [7, 11) is 1.54. The van der Waals surface area contributed by atoms with Gasteiger partial charge >= 0.3 is 0 Å². The molecular weight excluding hydrogens is 230 g/mol. The highest BCUT2D eigenvalue weighted by Gasteiger charge is 2.06. The first-order valence-electron chi connectivity index (χ1n) is 5.35. The molecule has 0 radical (unpaired) electrons. The molecule has 0 aliphatic carbocycles. The van der Waals surface area contributed by atoms with Crippen molar-refractivity contribution < 1.29 is 9.53 Å². The highest BCUT2D eigenvalue weighted by Crippen LogP contribution is 2.24. The second-order valence-corrected chi connectivity index (χ2v) is 3.65. The minimum absolute atomic E-state index is 0.207. The van der Waals surface area contributed by atoms with Gasteiger partial charge in [-0.3, -0.25) is 9.78 Å². The lowest BCUT2D eigenvalue weighted by atomic mass is 10.2. The van der Waals surface area contributed by atoms with Crippen molar-refractivity contribution in [3.05, 3.63) is 48.3 Å². The average molecular weight is 243 g/mol. The third-order valence-electron chi connectivity index (χ3n) is 2.43. The fourth-order valence-electron chi connectivity index (χ4n) is 1.52. The number of amides is 1. The number of hydrogen-bond donors (Lipinski definition) is 2. The summed E-state index contributed by atoms with van der Waals surface area (Å²) in [5.41, 5.74) is 7.40. The number of nitrogens with zero attached hydrogens (tertiary/aromatic N) is 1. The Morgan fingerprint density at radius 1 is 1.28 bits per heavy atom. The smallest absolute Gasteiger partial charge is 0.255 e. The van der Waals surface area contributed by atoms with Crippen LogP contribution in [0.2, 0.25) is 0 Å². The van der Waals surface area contributed by atoms with Gasteiger partial charge in [0.15, 0.2) is 0 Å². The molecular formula is C13H13N3O2. The van der Waals surface area contributed by atoms with E-state index in [0.29, 0.717) is 22.7 Å². The number of benzene rings is 1. The van der Waals surface area contributed by atoms with Gasteiger partial charge in [-0.25, -0.2) is 0 Å². The molecule has 2 aromatic rings. The fraction of sp³-hybridized carbons (Fsp3) is 0.0769. The van der Waals surface area contributed by atoms with Crippen molar-refractivity contribution in [2.75, 3.05) is 18.2 Å². The Balaban J connectivity index is 2.15. The number of hydrogen-bond acceptors (Lipinski definition) is 4. The zero-order valence-corrected chi connectivity index (χ0v) is 9.88. The van der Waals surface area contributed by atoms with Crippen LogP contribution in [0.4, 0.5) is 11.4 Å². The summed E-state index contributed by atoms with van der Waals surface area (Å²) in [6.07, 6.45) is 3.13. The highest BCUT2D eigenvalue weighted by atomic mass is 16.5. The molecule has 0 spiro atoms. The monoisotopic (exact) mass is 243 g/mol. The van der Waals surface area contributed by atoms with E-state index in [-0.39, 0.29) is 5.91 Å². The standard InChI is InChI=1S/C13H13N3O2/c1-18-12-3-2-10(8-11(12)14)16-13(17)9-4-6-15-7-5-9/h2-8H,14H2,1H3,(H,16,17). The number of nitrogen functional groups attached to an aromatic ring is 1. The maximum Gasteiger partial charge on any atom is 0.255 e. The van der Waals surface area contributed by atoms with E-state index in [4.69, 9.17) is 10.5 Å². The molecule has 5 heteroatoms. The quantitative estimate of drug-likeness (QED) is 0.807.